The Morgan fingerprint density at radius 2 is 2.11 bits per heavy atom. The van der Waals surface area contributed by atoms with E-state index in [1.807, 2.05) is 0 Å². The van der Waals surface area contributed by atoms with Crippen molar-refractivity contribution in [3.05, 3.63) is 12.2 Å². The molecule has 0 radical (unpaired) electrons. The normalized spacial score (nSPS) is 30.9. The van der Waals surface area contributed by atoms with Crippen LogP contribution in [-0.2, 0) is 4.29 Å². The van der Waals surface area contributed by atoms with E-state index in [0.29, 0.717) is 23.2 Å². The highest BCUT2D eigenvalue weighted by atomic mass is 35.5. The lowest BCUT2D eigenvalue weighted by Gasteiger charge is -2.53. The largest absolute Gasteiger partial charge is 0.275 e. The molecule has 4 unspecified atom stereocenters. The van der Waals surface area contributed by atoms with Crippen LogP contribution in [0.25, 0.3) is 0 Å². The molecule has 0 aromatic carbocycles. The first-order valence-corrected chi connectivity index (χ1v) is 7.58. The molecule has 1 saturated carbocycles. The molecule has 1 fully saturated rings. The van der Waals surface area contributed by atoms with Crippen molar-refractivity contribution in [2.45, 2.75) is 66.4 Å². The monoisotopic (exact) mass is 272 g/mol. The first kappa shape index (κ1) is 16.0. The van der Waals surface area contributed by atoms with Gasteiger partial charge in [0.05, 0.1) is 18.0 Å². The van der Waals surface area contributed by atoms with Crippen LogP contribution >= 0.6 is 11.9 Å². The minimum atomic E-state index is 0.238. The standard InChI is InChI=1S/C16H29ClO/c1-7-16(6,9-8-11(2)3)14-10-13(12(4)5)15(14)18-17/h12-15H,2,7-10H2,1,3-6H3. The van der Waals surface area contributed by atoms with Crippen LogP contribution in [0.15, 0.2) is 12.2 Å². The minimum Gasteiger partial charge on any atom is -0.275 e. The molecule has 0 aromatic rings. The number of hydrogen-bond donors (Lipinski definition) is 0. The van der Waals surface area contributed by atoms with Gasteiger partial charge in [0, 0.05) is 0 Å². The zero-order valence-corrected chi connectivity index (χ0v) is 13.4. The van der Waals surface area contributed by atoms with Gasteiger partial charge >= 0.3 is 0 Å². The van der Waals surface area contributed by atoms with Gasteiger partial charge in [-0.2, -0.15) is 0 Å². The zero-order valence-electron chi connectivity index (χ0n) is 12.6. The van der Waals surface area contributed by atoms with E-state index in [1.165, 1.54) is 24.8 Å². The van der Waals surface area contributed by atoms with Crippen LogP contribution in [-0.4, -0.2) is 6.10 Å². The van der Waals surface area contributed by atoms with Gasteiger partial charge in [-0.15, -0.1) is 6.58 Å². The van der Waals surface area contributed by atoms with Crippen molar-refractivity contribution in [1.29, 1.82) is 0 Å². The van der Waals surface area contributed by atoms with E-state index in [9.17, 15) is 0 Å². The van der Waals surface area contributed by atoms with Crippen LogP contribution in [0, 0.1) is 23.2 Å². The lowest BCUT2D eigenvalue weighted by atomic mass is 9.55. The van der Waals surface area contributed by atoms with Crippen LogP contribution in [0.2, 0.25) is 0 Å². The van der Waals surface area contributed by atoms with Crippen LogP contribution in [0.3, 0.4) is 0 Å². The van der Waals surface area contributed by atoms with Crippen LogP contribution in [0.1, 0.15) is 60.3 Å². The molecule has 0 amide bonds. The van der Waals surface area contributed by atoms with Crippen molar-refractivity contribution in [1.82, 2.24) is 0 Å². The van der Waals surface area contributed by atoms with Gasteiger partial charge in [0.25, 0.3) is 0 Å². The molecule has 1 aliphatic carbocycles. The lowest BCUT2D eigenvalue weighted by molar-refractivity contribution is -0.103. The van der Waals surface area contributed by atoms with Crippen molar-refractivity contribution in [3.63, 3.8) is 0 Å². The Hall–Kier alpha value is -0.0100. The Kier molecular flexibility index (Phi) is 5.73. The van der Waals surface area contributed by atoms with Gasteiger partial charge in [0.1, 0.15) is 0 Å². The van der Waals surface area contributed by atoms with Crippen molar-refractivity contribution >= 4 is 11.9 Å². The molecule has 1 rings (SSSR count). The van der Waals surface area contributed by atoms with Gasteiger partial charge in [-0.05, 0) is 49.4 Å². The minimum absolute atomic E-state index is 0.238. The second-order valence-electron chi connectivity index (χ2n) is 6.77. The first-order valence-electron chi connectivity index (χ1n) is 7.27. The predicted molar refractivity (Wildman–Crippen MR) is 79.6 cm³/mol. The fraction of sp³-hybridized carbons (Fsp3) is 0.875. The molecular formula is C16H29ClO. The molecule has 0 saturated heterocycles. The predicted octanol–water partition coefficient (Wildman–Crippen LogP) is 5.59. The van der Waals surface area contributed by atoms with Gasteiger partial charge in [-0.1, -0.05) is 39.7 Å². The molecule has 2 heteroatoms. The average Bonchev–Trinajstić information content (AvgIpc) is 2.25. The van der Waals surface area contributed by atoms with Crippen LogP contribution in [0.5, 0.6) is 0 Å². The zero-order chi connectivity index (χ0) is 13.9. The average molecular weight is 273 g/mol. The lowest BCUT2D eigenvalue weighted by Crippen LogP contribution is -2.52. The molecule has 0 N–H and O–H groups in total. The molecule has 4 atom stereocenters. The fourth-order valence-electron chi connectivity index (χ4n) is 3.25. The van der Waals surface area contributed by atoms with E-state index in [2.05, 4.69) is 41.2 Å². The number of halogens is 1. The maximum absolute atomic E-state index is 5.75. The highest BCUT2D eigenvalue weighted by Gasteiger charge is 2.51. The maximum atomic E-state index is 5.75. The second kappa shape index (κ2) is 6.43. The number of allylic oxidation sites excluding steroid dienone is 1. The Morgan fingerprint density at radius 3 is 2.50 bits per heavy atom. The van der Waals surface area contributed by atoms with Gasteiger partial charge in [-0.25, -0.2) is 0 Å². The van der Waals surface area contributed by atoms with Gasteiger partial charge < -0.3 is 0 Å². The van der Waals surface area contributed by atoms with Gasteiger partial charge in [0.15, 0.2) is 0 Å². The van der Waals surface area contributed by atoms with Gasteiger partial charge in [-0.3, -0.25) is 4.29 Å². The number of hydrogen-bond acceptors (Lipinski definition) is 1. The Balaban J connectivity index is 2.68. The SMILES string of the molecule is C=C(C)CCC(C)(CC)C1CC(C(C)C)C1OCl. The summed E-state index contributed by atoms with van der Waals surface area (Å²) in [6.45, 7) is 15.3. The summed E-state index contributed by atoms with van der Waals surface area (Å²) in [5, 5.41) is 0. The molecule has 0 heterocycles. The smallest absolute Gasteiger partial charge is 0.0854 e. The van der Waals surface area contributed by atoms with E-state index in [4.69, 9.17) is 16.2 Å². The Labute approximate surface area is 118 Å². The quantitative estimate of drug-likeness (QED) is 0.549. The van der Waals surface area contributed by atoms with Crippen molar-refractivity contribution in [2.24, 2.45) is 23.2 Å². The highest BCUT2D eigenvalue weighted by Crippen LogP contribution is 2.53. The van der Waals surface area contributed by atoms with E-state index < -0.39 is 0 Å². The van der Waals surface area contributed by atoms with E-state index >= 15 is 0 Å². The summed E-state index contributed by atoms with van der Waals surface area (Å²) in [6.07, 6.45) is 5.00. The van der Waals surface area contributed by atoms with Crippen molar-refractivity contribution in [2.75, 3.05) is 0 Å². The summed E-state index contributed by atoms with van der Waals surface area (Å²) in [4.78, 5) is 0. The summed E-state index contributed by atoms with van der Waals surface area (Å²) in [6, 6.07) is 0. The van der Waals surface area contributed by atoms with Crippen molar-refractivity contribution < 1.29 is 4.29 Å². The molecule has 0 bridgehead atoms. The molecule has 1 nitrogen and oxygen atoms in total. The third kappa shape index (κ3) is 3.30. The third-order valence-electron chi connectivity index (χ3n) is 5.13. The third-order valence-corrected chi connectivity index (χ3v) is 5.34. The molecule has 0 spiro atoms. The summed E-state index contributed by atoms with van der Waals surface area (Å²) >= 11 is 5.75. The topological polar surface area (TPSA) is 9.23 Å². The Bertz CT molecular complexity index is 287. The highest BCUT2D eigenvalue weighted by molar-refractivity contribution is 6.07. The molecule has 106 valence electrons. The molecule has 0 aliphatic heterocycles. The van der Waals surface area contributed by atoms with Crippen LogP contribution in [0.4, 0.5) is 0 Å². The molecule has 1 aliphatic rings. The van der Waals surface area contributed by atoms with E-state index in [-0.39, 0.29) is 6.10 Å². The van der Waals surface area contributed by atoms with E-state index in [0.717, 1.165) is 6.42 Å². The Morgan fingerprint density at radius 1 is 1.50 bits per heavy atom. The summed E-state index contributed by atoms with van der Waals surface area (Å²) in [5.74, 6) is 1.89. The molecule has 0 aromatic heterocycles. The first-order chi connectivity index (χ1) is 8.35. The van der Waals surface area contributed by atoms with E-state index in [1.54, 1.807) is 0 Å². The number of rotatable bonds is 7. The summed E-state index contributed by atoms with van der Waals surface area (Å²) in [7, 11) is 0. The van der Waals surface area contributed by atoms with Crippen molar-refractivity contribution in [3.8, 4) is 0 Å². The second-order valence-corrected chi connectivity index (χ2v) is 6.95. The molecular weight excluding hydrogens is 244 g/mol. The fourth-order valence-corrected chi connectivity index (χ4v) is 3.50. The summed E-state index contributed by atoms with van der Waals surface area (Å²) < 4.78 is 5.28. The molecule has 18 heavy (non-hydrogen) atoms. The van der Waals surface area contributed by atoms with Crippen LogP contribution < -0.4 is 0 Å². The summed E-state index contributed by atoms with van der Waals surface area (Å²) in [5.41, 5.74) is 1.61. The van der Waals surface area contributed by atoms with Gasteiger partial charge in [0.2, 0.25) is 0 Å². The maximum Gasteiger partial charge on any atom is 0.0854 e.